The fourth-order valence-electron chi connectivity index (χ4n) is 0.397. The van der Waals surface area contributed by atoms with Gasteiger partial charge < -0.3 is 4.74 Å². The van der Waals surface area contributed by atoms with E-state index in [4.69, 9.17) is 16.3 Å². The number of hydrogen-bond donors (Lipinski definition) is 0. The molecule has 0 atom stereocenters. The maximum Gasteiger partial charge on any atom is 0.120 e. The first-order chi connectivity index (χ1) is 4.27. The Bertz CT molecular complexity index is 59.0. The minimum atomic E-state index is 0.318. The average Bonchev–Trinajstić information content (AvgIpc) is 1.80. The second-order valence-corrected chi connectivity index (χ2v) is 3.84. The summed E-state index contributed by atoms with van der Waals surface area (Å²) in [5.74, 6) is 1.05. The van der Waals surface area contributed by atoms with E-state index in [2.05, 4.69) is 13.8 Å². The lowest BCUT2D eigenvalue weighted by molar-refractivity contribution is 0.198. The van der Waals surface area contributed by atoms with Crippen molar-refractivity contribution in [1.29, 1.82) is 0 Å². The quantitative estimate of drug-likeness (QED) is 0.461. The van der Waals surface area contributed by atoms with Crippen LogP contribution in [0.1, 0.15) is 13.8 Å². The van der Waals surface area contributed by atoms with Crippen LogP contribution in [0.15, 0.2) is 0 Å². The summed E-state index contributed by atoms with van der Waals surface area (Å²) in [5.41, 5.74) is 0. The average molecular weight is 169 g/mol. The Morgan fingerprint density at radius 1 is 1.56 bits per heavy atom. The van der Waals surface area contributed by atoms with Crippen LogP contribution in [0.25, 0.3) is 0 Å². The van der Waals surface area contributed by atoms with Crippen LogP contribution < -0.4 is 0 Å². The smallest absolute Gasteiger partial charge is 0.120 e. The van der Waals surface area contributed by atoms with Crippen molar-refractivity contribution in [2.24, 2.45) is 0 Å². The normalized spacial score (nSPS) is 10.7. The van der Waals surface area contributed by atoms with Crippen molar-refractivity contribution in [1.82, 2.24) is 0 Å². The van der Waals surface area contributed by atoms with E-state index in [1.165, 1.54) is 0 Å². The van der Waals surface area contributed by atoms with E-state index in [1.807, 2.05) is 11.8 Å². The lowest BCUT2D eigenvalue weighted by Crippen LogP contribution is -1.98. The molecule has 1 nitrogen and oxygen atoms in total. The highest BCUT2D eigenvalue weighted by molar-refractivity contribution is 7.99. The summed E-state index contributed by atoms with van der Waals surface area (Å²) < 4.78 is 4.93. The highest BCUT2D eigenvalue weighted by Gasteiger charge is 1.92. The van der Waals surface area contributed by atoms with E-state index in [0.717, 1.165) is 12.4 Å². The molecular weight excluding hydrogens is 156 g/mol. The predicted molar refractivity (Wildman–Crippen MR) is 44.3 cm³/mol. The Kier molecular flexibility index (Phi) is 7.16. The van der Waals surface area contributed by atoms with Crippen LogP contribution in [0.3, 0.4) is 0 Å². The van der Waals surface area contributed by atoms with Gasteiger partial charge in [-0.15, -0.1) is 0 Å². The van der Waals surface area contributed by atoms with Crippen molar-refractivity contribution in [3.05, 3.63) is 0 Å². The van der Waals surface area contributed by atoms with Gasteiger partial charge in [-0.2, -0.15) is 11.8 Å². The zero-order chi connectivity index (χ0) is 7.11. The van der Waals surface area contributed by atoms with Crippen molar-refractivity contribution in [3.8, 4) is 0 Å². The van der Waals surface area contributed by atoms with E-state index in [0.29, 0.717) is 11.3 Å². The van der Waals surface area contributed by atoms with Crippen LogP contribution in [0.2, 0.25) is 0 Å². The Balaban J connectivity index is 2.75. The predicted octanol–water partition coefficient (Wildman–Crippen LogP) is 2.34. The van der Waals surface area contributed by atoms with Gasteiger partial charge in [-0.05, 0) is 5.25 Å². The van der Waals surface area contributed by atoms with E-state index >= 15 is 0 Å². The maximum absolute atomic E-state index is 5.29. The Morgan fingerprint density at radius 2 is 2.22 bits per heavy atom. The molecular formula is C6H13ClOS. The molecule has 0 heterocycles. The third kappa shape index (κ3) is 8.60. The van der Waals surface area contributed by atoms with E-state index in [9.17, 15) is 0 Å². The molecule has 0 rings (SSSR count). The number of thioether (sulfide) groups is 1. The van der Waals surface area contributed by atoms with Gasteiger partial charge in [-0.1, -0.05) is 25.4 Å². The van der Waals surface area contributed by atoms with E-state index in [-0.39, 0.29) is 0 Å². The molecule has 0 spiro atoms. The molecule has 0 N–H and O–H groups in total. The molecule has 0 fully saturated rings. The van der Waals surface area contributed by atoms with Crippen molar-refractivity contribution in [2.75, 3.05) is 18.4 Å². The van der Waals surface area contributed by atoms with Crippen LogP contribution in [-0.4, -0.2) is 23.7 Å². The zero-order valence-electron chi connectivity index (χ0n) is 5.89. The van der Waals surface area contributed by atoms with Crippen LogP contribution in [-0.2, 0) is 4.74 Å². The molecule has 0 aliphatic heterocycles. The molecule has 0 saturated carbocycles. The molecule has 0 aliphatic carbocycles. The second-order valence-electron chi connectivity index (χ2n) is 1.94. The third-order valence-electron chi connectivity index (χ3n) is 0.756. The van der Waals surface area contributed by atoms with Gasteiger partial charge >= 0.3 is 0 Å². The van der Waals surface area contributed by atoms with Crippen molar-refractivity contribution in [3.63, 3.8) is 0 Å². The molecule has 0 saturated heterocycles. The molecule has 0 aliphatic rings. The largest absolute Gasteiger partial charge is 0.365 e. The van der Waals surface area contributed by atoms with Crippen molar-refractivity contribution >= 4 is 23.4 Å². The summed E-state index contributed by atoms with van der Waals surface area (Å²) in [6.45, 7) is 5.11. The van der Waals surface area contributed by atoms with Gasteiger partial charge in [0.1, 0.15) is 6.07 Å². The lowest BCUT2D eigenvalue weighted by Gasteiger charge is -2.02. The minimum absolute atomic E-state index is 0.318. The van der Waals surface area contributed by atoms with Crippen LogP contribution in [0, 0.1) is 0 Å². The van der Waals surface area contributed by atoms with Gasteiger partial charge in [0.05, 0.1) is 6.61 Å². The van der Waals surface area contributed by atoms with Gasteiger partial charge in [-0.3, -0.25) is 0 Å². The molecule has 56 valence electrons. The summed E-state index contributed by atoms with van der Waals surface area (Å²) in [6, 6.07) is 0.318. The summed E-state index contributed by atoms with van der Waals surface area (Å²) in [5, 5.41) is 0.698. The number of ether oxygens (including phenoxy) is 1. The highest BCUT2D eigenvalue weighted by Crippen LogP contribution is 2.07. The summed E-state index contributed by atoms with van der Waals surface area (Å²) in [4.78, 5) is 0. The summed E-state index contributed by atoms with van der Waals surface area (Å²) in [7, 11) is 0. The third-order valence-corrected chi connectivity index (χ3v) is 1.98. The van der Waals surface area contributed by atoms with Crippen LogP contribution >= 0.6 is 23.4 Å². The van der Waals surface area contributed by atoms with Gasteiger partial charge in [0.25, 0.3) is 0 Å². The molecule has 0 aromatic heterocycles. The summed E-state index contributed by atoms with van der Waals surface area (Å²) in [6.07, 6.45) is 0. The number of halogens is 1. The molecule has 3 heteroatoms. The van der Waals surface area contributed by atoms with Gasteiger partial charge in [-0.25, -0.2) is 0 Å². The standard InChI is InChI=1S/C6H13ClOS/c1-6(2)9-4-3-8-5-7/h6H,3-5H2,1-2H3. The topological polar surface area (TPSA) is 9.23 Å². The molecule has 9 heavy (non-hydrogen) atoms. The maximum atomic E-state index is 5.29. The van der Waals surface area contributed by atoms with Crippen LogP contribution in [0.4, 0.5) is 0 Å². The van der Waals surface area contributed by atoms with Gasteiger partial charge in [0, 0.05) is 5.75 Å². The number of alkyl halides is 1. The first-order valence-electron chi connectivity index (χ1n) is 3.02. The Hall–Kier alpha value is 0.600. The second kappa shape index (κ2) is 6.72. The van der Waals surface area contributed by atoms with Gasteiger partial charge in [0.15, 0.2) is 0 Å². The van der Waals surface area contributed by atoms with E-state index in [1.54, 1.807) is 0 Å². The highest BCUT2D eigenvalue weighted by atomic mass is 35.5. The molecule has 0 unspecified atom stereocenters. The lowest BCUT2D eigenvalue weighted by atomic mass is 10.6. The first kappa shape index (κ1) is 9.60. The summed E-state index contributed by atoms with van der Waals surface area (Å²) >= 11 is 7.17. The molecule has 0 amide bonds. The molecule has 0 radical (unpaired) electrons. The fraction of sp³-hybridized carbons (Fsp3) is 1.00. The molecule has 0 aromatic rings. The minimum Gasteiger partial charge on any atom is -0.365 e. The first-order valence-corrected chi connectivity index (χ1v) is 4.61. The van der Waals surface area contributed by atoms with Gasteiger partial charge in [0.2, 0.25) is 0 Å². The van der Waals surface area contributed by atoms with E-state index < -0.39 is 0 Å². The zero-order valence-corrected chi connectivity index (χ0v) is 7.47. The van der Waals surface area contributed by atoms with Crippen molar-refractivity contribution < 1.29 is 4.74 Å². The Morgan fingerprint density at radius 3 is 2.67 bits per heavy atom. The monoisotopic (exact) mass is 168 g/mol. The Labute approximate surface area is 66.1 Å². The fourth-order valence-corrected chi connectivity index (χ4v) is 1.19. The SMILES string of the molecule is CC(C)SCCOCCl. The van der Waals surface area contributed by atoms with Crippen LogP contribution in [0.5, 0.6) is 0 Å². The van der Waals surface area contributed by atoms with Crippen molar-refractivity contribution in [2.45, 2.75) is 19.1 Å². The number of rotatable bonds is 5. The molecule has 0 bridgehead atoms. The number of hydrogen-bond acceptors (Lipinski definition) is 2. The molecule has 0 aromatic carbocycles.